The number of fused-ring (bicyclic) bond motifs is 3. The van der Waals surface area contributed by atoms with E-state index in [4.69, 9.17) is 9.72 Å². The summed E-state index contributed by atoms with van der Waals surface area (Å²) in [6.07, 6.45) is 8.77. The summed E-state index contributed by atoms with van der Waals surface area (Å²) in [4.78, 5) is 17.8. The number of rotatable bonds is 7. The molecule has 164 valence electrons. The maximum Gasteiger partial charge on any atom is 0.240 e. The molecule has 0 radical (unpaired) electrons. The van der Waals surface area contributed by atoms with Crippen molar-refractivity contribution in [3.05, 3.63) is 42.0 Å². The molecule has 5 rings (SSSR count). The first-order valence-corrected chi connectivity index (χ1v) is 11.3. The van der Waals surface area contributed by atoms with E-state index < -0.39 is 0 Å². The lowest BCUT2D eigenvalue weighted by Gasteiger charge is -2.24. The van der Waals surface area contributed by atoms with Crippen molar-refractivity contribution < 1.29 is 9.53 Å². The standard InChI is InChI=1S/C23H30N6O2/c1-16-5-6-18-19(26-16)7-8-20-23(18)27-21(9-12-28-11-3-10-25-28)29(20)15-22(30)24-14-17-4-2-13-31-17/h3,7-8,10-11,16-17,26H,2,4-6,9,12-15H2,1H3,(H,24,30)/t16-,17+/m0/s1. The lowest BCUT2D eigenvalue weighted by atomic mass is 9.98. The average Bonchev–Trinajstić information content (AvgIpc) is 3.52. The van der Waals surface area contributed by atoms with Crippen LogP contribution in [0.2, 0.25) is 0 Å². The second-order valence-corrected chi connectivity index (χ2v) is 8.62. The molecule has 2 aromatic heterocycles. The second kappa shape index (κ2) is 8.70. The van der Waals surface area contributed by atoms with Crippen LogP contribution < -0.4 is 10.6 Å². The van der Waals surface area contributed by atoms with Crippen LogP contribution in [0.15, 0.2) is 30.6 Å². The van der Waals surface area contributed by atoms with Crippen LogP contribution >= 0.6 is 0 Å². The van der Waals surface area contributed by atoms with Gasteiger partial charge in [0, 0.05) is 55.8 Å². The number of carbonyl (C=O) groups is 1. The maximum absolute atomic E-state index is 12.8. The number of carbonyl (C=O) groups excluding carboxylic acids is 1. The normalized spacial score (nSPS) is 20.5. The number of hydrogen-bond acceptors (Lipinski definition) is 5. The maximum atomic E-state index is 12.8. The molecule has 1 fully saturated rings. The average molecular weight is 423 g/mol. The van der Waals surface area contributed by atoms with Crippen molar-refractivity contribution in [2.45, 2.75) is 64.3 Å². The minimum absolute atomic E-state index is 0.000364. The van der Waals surface area contributed by atoms with Crippen molar-refractivity contribution in [1.82, 2.24) is 24.6 Å². The predicted molar refractivity (Wildman–Crippen MR) is 119 cm³/mol. The van der Waals surface area contributed by atoms with Crippen molar-refractivity contribution in [3.8, 4) is 0 Å². The zero-order valence-electron chi connectivity index (χ0n) is 18.0. The van der Waals surface area contributed by atoms with Crippen molar-refractivity contribution >= 4 is 22.6 Å². The monoisotopic (exact) mass is 422 g/mol. The van der Waals surface area contributed by atoms with E-state index >= 15 is 0 Å². The SMILES string of the molecule is C[C@H]1CCc2c(ccc3c2nc(CCn2cccn2)n3CC(=O)NC[C@H]2CCCO2)N1. The Morgan fingerprint density at radius 3 is 3.10 bits per heavy atom. The molecule has 2 atom stereocenters. The van der Waals surface area contributed by atoms with Crippen molar-refractivity contribution in [2.75, 3.05) is 18.5 Å². The van der Waals surface area contributed by atoms with Crippen molar-refractivity contribution in [3.63, 3.8) is 0 Å². The van der Waals surface area contributed by atoms with Gasteiger partial charge in [0.25, 0.3) is 0 Å². The number of benzene rings is 1. The lowest BCUT2D eigenvalue weighted by Crippen LogP contribution is -2.34. The van der Waals surface area contributed by atoms with E-state index in [-0.39, 0.29) is 18.6 Å². The molecule has 0 aliphatic carbocycles. The van der Waals surface area contributed by atoms with Crippen LogP contribution in [0.4, 0.5) is 5.69 Å². The van der Waals surface area contributed by atoms with E-state index in [1.165, 1.54) is 5.56 Å². The molecule has 2 aliphatic rings. The predicted octanol–water partition coefficient (Wildman–Crippen LogP) is 2.52. The first-order chi connectivity index (χ1) is 15.2. The molecule has 4 heterocycles. The summed E-state index contributed by atoms with van der Waals surface area (Å²) >= 11 is 0. The number of amides is 1. The van der Waals surface area contributed by atoms with Gasteiger partial charge >= 0.3 is 0 Å². The van der Waals surface area contributed by atoms with Crippen LogP contribution in [-0.2, 0) is 35.5 Å². The summed E-state index contributed by atoms with van der Waals surface area (Å²) < 4.78 is 9.61. The molecule has 2 aliphatic heterocycles. The van der Waals surface area contributed by atoms with E-state index in [1.54, 1.807) is 6.20 Å². The number of anilines is 1. The van der Waals surface area contributed by atoms with Gasteiger partial charge in [-0.1, -0.05) is 0 Å². The van der Waals surface area contributed by atoms with Gasteiger partial charge in [0.1, 0.15) is 12.4 Å². The molecule has 0 unspecified atom stereocenters. The number of imidazole rings is 1. The Bertz CT molecular complexity index is 1050. The van der Waals surface area contributed by atoms with Gasteiger partial charge in [0.15, 0.2) is 0 Å². The molecular formula is C23H30N6O2. The molecule has 8 nitrogen and oxygen atoms in total. The smallest absolute Gasteiger partial charge is 0.240 e. The molecule has 0 spiro atoms. The quantitative estimate of drug-likeness (QED) is 0.611. The summed E-state index contributed by atoms with van der Waals surface area (Å²) in [6.45, 7) is 4.57. The summed E-state index contributed by atoms with van der Waals surface area (Å²) in [7, 11) is 0. The van der Waals surface area contributed by atoms with Gasteiger partial charge in [-0.05, 0) is 50.8 Å². The Morgan fingerprint density at radius 1 is 1.35 bits per heavy atom. The molecule has 0 bridgehead atoms. The van der Waals surface area contributed by atoms with Crippen LogP contribution in [0.1, 0.15) is 37.6 Å². The number of nitrogens with zero attached hydrogens (tertiary/aromatic N) is 4. The molecule has 2 N–H and O–H groups in total. The van der Waals surface area contributed by atoms with E-state index in [0.717, 1.165) is 61.4 Å². The molecule has 1 saturated heterocycles. The topological polar surface area (TPSA) is 86.0 Å². The lowest BCUT2D eigenvalue weighted by molar-refractivity contribution is -0.122. The zero-order chi connectivity index (χ0) is 21.2. The molecular weight excluding hydrogens is 392 g/mol. The third kappa shape index (κ3) is 4.30. The second-order valence-electron chi connectivity index (χ2n) is 8.62. The van der Waals surface area contributed by atoms with Gasteiger partial charge in [-0.15, -0.1) is 0 Å². The minimum atomic E-state index is -0.000364. The van der Waals surface area contributed by atoms with Crippen LogP contribution in [0.5, 0.6) is 0 Å². The highest BCUT2D eigenvalue weighted by molar-refractivity contribution is 5.87. The molecule has 1 aromatic carbocycles. The first-order valence-electron chi connectivity index (χ1n) is 11.3. The molecule has 3 aromatic rings. The number of aryl methyl sites for hydroxylation is 3. The molecule has 8 heteroatoms. The van der Waals surface area contributed by atoms with Gasteiger partial charge in [0.05, 0.1) is 17.1 Å². The molecule has 0 saturated carbocycles. The first kappa shape index (κ1) is 20.1. The fourth-order valence-corrected chi connectivity index (χ4v) is 4.63. The Hall–Kier alpha value is -2.87. The van der Waals surface area contributed by atoms with Crippen LogP contribution in [0.25, 0.3) is 11.0 Å². The third-order valence-corrected chi connectivity index (χ3v) is 6.31. The summed E-state index contributed by atoms with van der Waals surface area (Å²) in [6, 6.07) is 6.62. The Morgan fingerprint density at radius 2 is 2.29 bits per heavy atom. The van der Waals surface area contributed by atoms with Gasteiger partial charge in [-0.25, -0.2) is 4.98 Å². The van der Waals surface area contributed by atoms with Crippen LogP contribution in [-0.4, -0.2) is 50.5 Å². The van der Waals surface area contributed by atoms with Crippen molar-refractivity contribution in [2.24, 2.45) is 0 Å². The number of nitrogens with one attached hydrogen (secondary N) is 2. The van der Waals surface area contributed by atoms with Crippen molar-refractivity contribution in [1.29, 1.82) is 0 Å². The van der Waals surface area contributed by atoms with E-state index in [1.807, 2.05) is 16.9 Å². The summed E-state index contributed by atoms with van der Waals surface area (Å²) in [5.41, 5.74) is 4.46. The fourth-order valence-electron chi connectivity index (χ4n) is 4.63. The molecule has 31 heavy (non-hydrogen) atoms. The van der Waals surface area contributed by atoms with Gasteiger partial charge in [0.2, 0.25) is 5.91 Å². The Kier molecular flexibility index (Phi) is 5.63. The fraction of sp³-hybridized carbons (Fsp3) is 0.522. The zero-order valence-corrected chi connectivity index (χ0v) is 18.0. The van der Waals surface area contributed by atoms with Crippen LogP contribution in [0, 0.1) is 0 Å². The Labute approximate surface area is 182 Å². The van der Waals surface area contributed by atoms with E-state index in [2.05, 4.69) is 39.4 Å². The van der Waals surface area contributed by atoms with Gasteiger partial charge in [-0.3, -0.25) is 9.48 Å². The van der Waals surface area contributed by atoms with Gasteiger partial charge in [-0.2, -0.15) is 5.10 Å². The minimum Gasteiger partial charge on any atom is -0.382 e. The highest BCUT2D eigenvalue weighted by Gasteiger charge is 2.22. The number of hydrogen-bond donors (Lipinski definition) is 2. The van der Waals surface area contributed by atoms with Crippen LogP contribution in [0.3, 0.4) is 0 Å². The largest absolute Gasteiger partial charge is 0.382 e. The number of aromatic nitrogens is 4. The van der Waals surface area contributed by atoms with E-state index in [9.17, 15) is 4.79 Å². The third-order valence-electron chi connectivity index (χ3n) is 6.31. The number of ether oxygens (including phenoxy) is 1. The highest BCUT2D eigenvalue weighted by atomic mass is 16.5. The van der Waals surface area contributed by atoms with E-state index in [0.29, 0.717) is 19.0 Å². The summed E-state index contributed by atoms with van der Waals surface area (Å²) in [5.74, 6) is 0.921. The van der Waals surface area contributed by atoms with Gasteiger partial charge < -0.3 is 19.9 Å². The molecule has 1 amide bonds. The Balaban J connectivity index is 1.41. The summed E-state index contributed by atoms with van der Waals surface area (Å²) in [5, 5.41) is 10.9. The highest BCUT2D eigenvalue weighted by Crippen LogP contribution is 2.32.